The van der Waals surface area contributed by atoms with Crippen LogP contribution in [-0.4, -0.2) is 26.3 Å². The summed E-state index contributed by atoms with van der Waals surface area (Å²) in [4.78, 5) is 0.0261. The number of benzene rings is 3. The molecule has 0 saturated carbocycles. The highest BCUT2D eigenvalue weighted by Crippen LogP contribution is 2.36. The van der Waals surface area contributed by atoms with E-state index in [1.165, 1.54) is 23.8 Å². The minimum Gasteiger partial charge on any atom is -0.488 e. The van der Waals surface area contributed by atoms with Crippen LogP contribution in [0.2, 0.25) is 0 Å². The third-order valence-electron chi connectivity index (χ3n) is 5.94. The van der Waals surface area contributed by atoms with Crippen molar-refractivity contribution in [1.82, 2.24) is 0 Å². The van der Waals surface area contributed by atoms with Crippen molar-refractivity contribution in [2.75, 3.05) is 5.01 Å². The Balaban J connectivity index is 1.51. The minimum absolute atomic E-state index is 0.0261. The van der Waals surface area contributed by atoms with Gasteiger partial charge in [-0.15, -0.1) is 0 Å². The van der Waals surface area contributed by atoms with Crippen LogP contribution in [-0.2, 0) is 16.4 Å². The van der Waals surface area contributed by atoms with Crippen LogP contribution in [0.25, 0.3) is 0 Å². The van der Waals surface area contributed by atoms with E-state index in [0.717, 1.165) is 18.6 Å². The fraction of sp³-hybridized carbons (Fsp3) is 0.208. The predicted molar refractivity (Wildman–Crippen MR) is 121 cm³/mol. The molecule has 164 valence electrons. The van der Waals surface area contributed by atoms with Gasteiger partial charge in [0.1, 0.15) is 17.7 Å². The maximum absolute atomic E-state index is 14.5. The Labute approximate surface area is 186 Å². The van der Waals surface area contributed by atoms with Gasteiger partial charge in [-0.25, -0.2) is 17.9 Å². The van der Waals surface area contributed by atoms with Crippen molar-refractivity contribution in [3.63, 3.8) is 0 Å². The van der Waals surface area contributed by atoms with Gasteiger partial charge >= 0.3 is 0 Å². The Morgan fingerprint density at radius 3 is 2.47 bits per heavy atom. The van der Waals surface area contributed by atoms with Crippen molar-refractivity contribution >= 4 is 21.4 Å². The van der Waals surface area contributed by atoms with Crippen LogP contribution in [0.15, 0.2) is 82.8 Å². The summed E-state index contributed by atoms with van der Waals surface area (Å²) in [6.07, 6.45) is 2.03. The average molecular weight is 452 g/mol. The molecule has 3 aromatic rings. The molecule has 8 heteroatoms. The van der Waals surface area contributed by atoms with E-state index < -0.39 is 10.0 Å². The third-order valence-corrected chi connectivity index (χ3v) is 6.87. The van der Waals surface area contributed by atoms with E-state index >= 15 is 0 Å². The molecular weight excluding hydrogens is 429 g/mol. The number of para-hydroxylation sites is 1. The van der Waals surface area contributed by atoms with E-state index in [4.69, 9.17) is 15.0 Å². The number of aryl methyl sites for hydroxylation is 1. The van der Waals surface area contributed by atoms with Gasteiger partial charge < -0.3 is 4.74 Å². The Hall–Kier alpha value is -3.23. The maximum atomic E-state index is 14.5. The number of rotatable bonds is 4. The van der Waals surface area contributed by atoms with Crippen molar-refractivity contribution in [3.8, 4) is 5.75 Å². The molecule has 2 N–H and O–H groups in total. The summed E-state index contributed by atoms with van der Waals surface area (Å²) in [6.45, 7) is 0. The second kappa shape index (κ2) is 8.03. The average Bonchev–Trinajstić information content (AvgIpc) is 3.24. The summed E-state index contributed by atoms with van der Waals surface area (Å²) in [5.41, 5.74) is 2.95. The molecule has 0 spiro atoms. The number of anilines is 1. The number of hydrogen-bond acceptors (Lipinski definition) is 5. The molecule has 0 amide bonds. The molecular formula is C24H22FN3O3S. The van der Waals surface area contributed by atoms with E-state index in [1.54, 1.807) is 30.3 Å². The molecule has 6 nitrogen and oxygen atoms in total. The van der Waals surface area contributed by atoms with Crippen molar-refractivity contribution < 1.29 is 17.5 Å². The van der Waals surface area contributed by atoms with Crippen molar-refractivity contribution in [3.05, 3.63) is 89.7 Å². The van der Waals surface area contributed by atoms with Gasteiger partial charge in [0.25, 0.3) is 0 Å². The molecule has 0 bridgehead atoms. The lowest BCUT2D eigenvalue weighted by molar-refractivity contribution is 0.146. The number of primary sulfonamides is 1. The van der Waals surface area contributed by atoms with Crippen molar-refractivity contribution in [2.24, 2.45) is 10.2 Å². The molecule has 0 aromatic heterocycles. The second-order valence-corrected chi connectivity index (χ2v) is 9.55. The van der Waals surface area contributed by atoms with Gasteiger partial charge in [0.2, 0.25) is 10.0 Å². The monoisotopic (exact) mass is 451 g/mol. The number of nitrogens with two attached hydrogens (primary N) is 1. The van der Waals surface area contributed by atoms with Gasteiger partial charge in [0.15, 0.2) is 0 Å². The van der Waals surface area contributed by atoms with E-state index in [9.17, 15) is 12.8 Å². The molecule has 5 rings (SSSR count). The van der Waals surface area contributed by atoms with Gasteiger partial charge in [-0.1, -0.05) is 36.4 Å². The summed E-state index contributed by atoms with van der Waals surface area (Å²) < 4.78 is 44.1. The summed E-state index contributed by atoms with van der Waals surface area (Å²) >= 11 is 0. The molecule has 2 atom stereocenters. The first-order chi connectivity index (χ1) is 15.4. The number of fused-ring (bicyclic) bond motifs is 1. The van der Waals surface area contributed by atoms with Crippen LogP contribution >= 0.6 is 0 Å². The SMILES string of the molecule is NS(=O)(=O)c1ccc(N2N=C(c3ccccc3F)CC2C2CCc3ccccc3O2)cc1. The molecule has 3 aromatic carbocycles. The number of ether oxygens (including phenoxy) is 1. The smallest absolute Gasteiger partial charge is 0.238 e. The number of sulfonamides is 1. The lowest BCUT2D eigenvalue weighted by atomic mass is 9.93. The molecule has 2 aliphatic heterocycles. The third kappa shape index (κ3) is 3.87. The summed E-state index contributed by atoms with van der Waals surface area (Å²) in [5, 5.41) is 11.8. The largest absolute Gasteiger partial charge is 0.488 e. The van der Waals surface area contributed by atoms with Crippen LogP contribution in [0.3, 0.4) is 0 Å². The van der Waals surface area contributed by atoms with E-state index in [-0.39, 0.29) is 22.9 Å². The Bertz CT molecular complexity index is 1290. The van der Waals surface area contributed by atoms with Crippen molar-refractivity contribution in [2.45, 2.75) is 36.3 Å². The van der Waals surface area contributed by atoms with Gasteiger partial charge in [-0.05, 0) is 54.8 Å². The standard InChI is InChI=1S/C24H22FN3O3S/c25-20-7-3-2-6-19(20)21-15-22(24-14-9-16-5-1-4-8-23(16)31-24)28(27-21)17-10-12-18(13-11-17)32(26,29)30/h1-8,10-13,22,24H,9,14-15H2,(H2,26,29,30). The molecule has 0 aliphatic carbocycles. The van der Waals surface area contributed by atoms with Gasteiger partial charge in [0.05, 0.1) is 22.3 Å². The number of hydrazone groups is 1. The summed E-state index contributed by atoms with van der Waals surface area (Å²) in [5.74, 6) is 0.527. The van der Waals surface area contributed by atoms with E-state index in [0.29, 0.717) is 23.4 Å². The minimum atomic E-state index is -3.80. The topological polar surface area (TPSA) is 85.0 Å². The van der Waals surface area contributed by atoms with Crippen LogP contribution in [0, 0.1) is 5.82 Å². The normalized spacial score (nSPS) is 20.4. The second-order valence-electron chi connectivity index (χ2n) is 7.98. The van der Waals surface area contributed by atoms with Crippen molar-refractivity contribution in [1.29, 1.82) is 0 Å². The first-order valence-electron chi connectivity index (χ1n) is 10.4. The molecule has 0 fully saturated rings. The molecule has 2 heterocycles. The summed E-state index contributed by atoms with van der Waals surface area (Å²) in [6, 6.07) is 20.6. The molecule has 2 unspecified atom stereocenters. The van der Waals surface area contributed by atoms with Crippen LogP contribution < -0.4 is 14.9 Å². The first kappa shape index (κ1) is 20.7. The fourth-order valence-electron chi connectivity index (χ4n) is 4.33. The zero-order chi connectivity index (χ0) is 22.3. The maximum Gasteiger partial charge on any atom is 0.238 e. The van der Waals surface area contributed by atoms with Gasteiger partial charge in [-0.3, -0.25) is 5.01 Å². The number of nitrogens with zero attached hydrogens (tertiary/aromatic N) is 2. The highest BCUT2D eigenvalue weighted by molar-refractivity contribution is 7.89. The first-order valence-corrected chi connectivity index (χ1v) is 11.9. The predicted octanol–water partition coefficient (Wildman–Crippen LogP) is 3.85. The summed E-state index contributed by atoms with van der Waals surface area (Å²) in [7, 11) is -3.80. The number of hydrogen-bond donors (Lipinski definition) is 1. The quantitative estimate of drug-likeness (QED) is 0.653. The van der Waals surface area contributed by atoms with E-state index in [1.807, 2.05) is 23.2 Å². The Kier molecular flexibility index (Phi) is 5.19. The highest BCUT2D eigenvalue weighted by atomic mass is 32.2. The van der Waals surface area contributed by atoms with Crippen LogP contribution in [0.4, 0.5) is 10.1 Å². The highest BCUT2D eigenvalue weighted by Gasteiger charge is 2.38. The molecule has 0 saturated heterocycles. The lowest BCUT2D eigenvalue weighted by Crippen LogP contribution is -2.43. The van der Waals surface area contributed by atoms with Gasteiger partial charge in [0, 0.05) is 12.0 Å². The zero-order valence-corrected chi connectivity index (χ0v) is 18.0. The lowest BCUT2D eigenvalue weighted by Gasteiger charge is -2.34. The van der Waals surface area contributed by atoms with Crippen LogP contribution in [0.5, 0.6) is 5.75 Å². The molecule has 2 aliphatic rings. The Morgan fingerprint density at radius 1 is 1.00 bits per heavy atom. The molecule has 32 heavy (non-hydrogen) atoms. The van der Waals surface area contributed by atoms with Gasteiger partial charge in [-0.2, -0.15) is 5.10 Å². The number of halogens is 1. The Morgan fingerprint density at radius 2 is 1.72 bits per heavy atom. The zero-order valence-electron chi connectivity index (χ0n) is 17.2. The fourth-order valence-corrected chi connectivity index (χ4v) is 4.85. The molecule has 0 radical (unpaired) electrons. The van der Waals surface area contributed by atoms with Crippen LogP contribution in [0.1, 0.15) is 24.0 Å². The van der Waals surface area contributed by atoms with E-state index in [2.05, 4.69) is 6.07 Å².